The molecule has 2 N–H and O–H groups in total. The van der Waals surface area contributed by atoms with Crippen LogP contribution in [-0.4, -0.2) is 21.6 Å². The molecule has 0 aliphatic rings. The van der Waals surface area contributed by atoms with Gasteiger partial charge in [-0.25, -0.2) is 9.97 Å². The molecule has 0 spiro atoms. The molecular weight excluding hydrogens is 302 g/mol. The van der Waals surface area contributed by atoms with Crippen molar-refractivity contribution in [2.75, 3.05) is 12.8 Å². The van der Waals surface area contributed by atoms with Gasteiger partial charge in [-0.05, 0) is 24.5 Å². The number of imidazole rings is 1. The smallest absolute Gasteiger partial charge is 0.152 e. The summed E-state index contributed by atoms with van der Waals surface area (Å²) in [4.78, 5) is 9.18. The predicted octanol–water partition coefficient (Wildman–Crippen LogP) is 3.18. The molecule has 0 unspecified atom stereocenters. The van der Waals surface area contributed by atoms with Gasteiger partial charge in [-0.2, -0.15) is 5.26 Å². The Kier molecular flexibility index (Phi) is 4.63. The van der Waals surface area contributed by atoms with E-state index in [1.165, 1.54) is 0 Å². The average Bonchev–Trinajstić information content (AvgIpc) is 2.93. The standard InChI is InChI=1S/C18H21N5O/c1-3-9-23-15(11-24-2)22-16-17(23)13-7-6-12(5-4-8-19)10-14(13)21-18(16)20/h6-7,10H,3-5,9,11H2,1-2H3,(H2,20,21). The van der Waals surface area contributed by atoms with Crippen LogP contribution >= 0.6 is 0 Å². The number of methoxy groups -OCH3 is 1. The van der Waals surface area contributed by atoms with Crippen molar-refractivity contribution in [2.24, 2.45) is 0 Å². The summed E-state index contributed by atoms with van der Waals surface area (Å²) in [7, 11) is 1.66. The van der Waals surface area contributed by atoms with Crippen LogP contribution in [0.3, 0.4) is 0 Å². The van der Waals surface area contributed by atoms with Crippen LogP contribution in [0.2, 0.25) is 0 Å². The minimum absolute atomic E-state index is 0.433. The highest BCUT2D eigenvalue weighted by molar-refractivity contribution is 6.06. The first kappa shape index (κ1) is 16.2. The Bertz CT molecular complexity index is 923. The van der Waals surface area contributed by atoms with Gasteiger partial charge >= 0.3 is 0 Å². The van der Waals surface area contributed by atoms with Gasteiger partial charge in [0.25, 0.3) is 0 Å². The lowest BCUT2D eigenvalue weighted by molar-refractivity contribution is 0.174. The fourth-order valence-electron chi connectivity index (χ4n) is 3.06. The maximum atomic E-state index is 8.77. The van der Waals surface area contributed by atoms with Crippen molar-refractivity contribution in [2.45, 2.75) is 39.3 Å². The Morgan fingerprint density at radius 3 is 2.88 bits per heavy atom. The van der Waals surface area contributed by atoms with E-state index in [0.29, 0.717) is 18.8 Å². The molecule has 0 atom stereocenters. The topological polar surface area (TPSA) is 89.8 Å². The number of nitrogen functional groups attached to an aromatic ring is 1. The Labute approximate surface area is 140 Å². The lowest BCUT2D eigenvalue weighted by Crippen LogP contribution is -2.04. The molecule has 0 amide bonds. The summed E-state index contributed by atoms with van der Waals surface area (Å²) >= 11 is 0. The van der Waals surface area contributed by atoms with Crippen LogP contribution in [0.5, 0.6) is 0 Å². The van der Waals surface area contributed by atoms with Gasteiger partial charge in [-0.3, -0.25) is 0 Å². The number of ether oxygens (including phenoxy) is 1. The second-order valence-corrected chi connectivity index (χ2v) is 5.82. The number of nitrogens with zero attached hydrogens (tertiary/aromatic N) is 4. The molecule has 0 saturated carbocycles. The van der Waals surface area contributed by atoms with Gasteiger partial charge in [0.2, 0.25) is 0 Å². The largest absolute Gasteiger partial charge is 0.382 e. The zero-order chi connectivity index (χ0) is 17.1. The number of nitriles is 1. The first-order chi connectivity index (χ1) is 11.7. The van der Waals surface area contributed by atoms with E-state index in [1.807, 2.05) is 6.07 Å². The Hall–Kier alpha value is -2.65. The van der Waals surface area contributed by atoms with Crippen LogP contribution in [0.25, 0.3) is 21.9 Å². The van der Waals surface area contributed by atoms with Crippen molar-refractivity contribution in [1.82, 2.24) is 14.5 Å². The van der Waals surface area contributed by atoms with E-state index in [2.05, 4.69) is 39.7 Å². The van der Waals surface area contributed by atoms with Gasteiger partial charge in [-0.15, -0.1) is 0 Å². The number of benzene rings is 1. The fraction of sp³-hybridized carbons (Fsp3) is 0.389. The van der Waals surface area contributed by atoms with E-state index in [4.69, 9.17) is 15.7 Å². The van der Waals surface area contributed by atoms with Crippen molar-refractivity contribution >= 4 is 27.8 Å². The lowest BCUT2D eigenvalue weighted by atomic mass is 10.1. The van der Waals surface area contributed by atoms with Gasteiger partial charge in [0.1, 0.15) is 17.9 Å². The van der Waals surface area contributed by atoms with Crippen LogP contribution in [0.15, 0.2) is 18.2 Å². The second kappa shape index (κ2) is 6.85. The van der Waals surface area contributed by atoms with Crippen molar-refractivity contribution in [3.63, 3.8) is 0 Å². The first-order valence-corrected chi connectivity index (χ1v) is 8.12. The van der Waals surface area contributed by atoms with Gasteiger partial charge in [0, 0.05) is 25.5 Å². The molecule has 0 saturated heterocycles. The van der Waals surface area contributed by atoms with Crippen LogP contribution in [0.4, 0.5) is 5.82 Å². The molecule has 0 bridgehead atoms. The maximum Gasteiger partial charge on any atom is 0.152 e. The molecule has 2 heterocycles. The quantitative estimate of drug-likeness (QED) is 0.752. The van der Waals surface area contributed by atoms with Gasteiger partial charge < -0.3 is 15.0 Å². The number of aromatic nitrogens is 3. The molecule has 6 heteroatoms. The minimum atomic E-state index is 0.433. The second-order valence-electron chi connectivity index (χ2n) is 5.82. The van der Waals surface area contributed by atoms with E-state index in [1.54, 1.807) is 7.11 Å². The Morgan fingerprint density at radius 1 is 1.33 bits per heavy atom. The molecule has 0 aliphatic heterocycles. The summed E-state index contributed by atoms with van der Waals surface area (Å²) in [5.41, 5.74) is 9.84. The van der Waals surface area contributed by atoms with Crippen LogP contribution in [-0.2, 0) is 24.3 Å². The molecular formula is C18H21N5O. The van der Waals surface area contributed by atoms with E-state index in [0.717, 1.165) is 52.7 Å². The molecule has 0 radical (unpaired) electrons. The molecule has 0 fully saturated rings. The van der Waals surface area contributed by atoms with Gasteiger partial charge in [0.05, 0.1) is 17.1 Å². The zero-order valence-corrected chi connectivity index (χ0v) is 14.0. The lowest BCUT2D eigenvalue weighted by Gasteiger charge is -2.10. The normalized spacial score (nSPS) is 11.2. The van der Waals surface area contributed by atoms with Gasteiger partial charge in [0.15, 0.2) is 5.82 Å². The fourth-order valence-corrected chi connectivity index (χ4v) is 3.06. The number of hydrogen-bond donors (Lipinski definition) is 1. The van der Waals surface area contributed by atoms with Crippen LogP contribution < -0.4 is 5.73 Å². The van der Waals surface area contributed by atoms with Crippen LogP contribution in [0, 0.1) is 11.3 Å². The molecule has 24 heavy (non-hydrogen) atoms. The average molecular weight is 323 g/mol. The molecule has 6 nitrogen and oxygen atoms in total. The zero-order valence-electron chi connectivity index (χ0n) is 14.0. The SMILES string of the molecule is CCCn1c(COC)nc2c(N)nc3cc(CCC#N)ccc3c21. The van der Waals surface area contributed by atoms with Crippen molar-refractivity contribution in [3.8, 4) is 6.07 Å². The number of fused-ring (bicyclic) bond motifs is 3. The summed E-state index contributed by atoms with van der Waals surface area (Å²) in [6.07, 6.45) is 2.20. The first-order valence-electron chi connectivity index (χ1n) is 8.12. The third kappa shape index (κ3) is 2.79. The summed E-state index contributed by atoms with van der Waals surface area (Å²) in [5, 5.41) is 9.80. The van der Waals surface area contributed by atoms with E-state index >= 15 is 0 Å². The number of pyridine rings is 1. The molecule has 0 aliphatic carbocycles. The van der Waals surface area contributed by atoms with Crippen LogP contribution in [0.1, 0.15) is 31.2 Å². The summed E-state index contributed by atoms with van der Waals surface area (Å²) in [6, 6.07) is 8.30. The minimum Gasteiger partial charge on any atom is -0.382 e. The molecule has 3 rings (SSSR count). The molecule has 3 aromatic rings. The number of nitrogens with two attached hydrogens (primary N) is 1. The summed E-state index contributed by atoms with van der Waals surface area (Å²) in [5.74, 6) is 1.30. The van der Waals surface area contributed by atoms with Crippen molar-refractivity contribution in [1.29, 1.82) is 5.26 Å². The predicted molar refractivity (Wildman–Crippen MR) is 94.4 cm³/mol. The highest BCUT2D eigenvalue weighted by Crippen LogP contribution is 2.30. The molecule has 1 aromatic carbocycles. The van der Waals surface area contributed by atoms with Gasteiger partial charge in [-0.1, -0.05) is 19.1 Å². The number of aryl methyl sites for hydroxylation is 2. The molecule has 124 valence electrons. The third-order valence-corrected chi connectivity index (χ3v) is 4.09. The summed E-state index contributed by atoms with van der Waals surface area (Å²) in [6.45, 7) is 3.43. The highest BCUT2D eigenvalue weighted by Gasteiger charge is 2.17. The maximum absolute atomic E-state index is 8.77. The number of rotatable bonds is 6. The number of hydrogen-bond acceptors (Lipinski definition) is 5. The van der Waals surface area contributed by atoms with E-state index < -0.39 is 0 Å². The van der Waals surface area contributed by atoms with E-state index in [9.17, 15) is 0 Å². The molecule has 2 aromatic heterocycles. The highest BCUT2D eigenvalue weighted by atomic mass is 16.5. The third-order valence-electron chi connectivity index (χ3n) is 4.09. The monoisotopic (exact) mass is 323 g/mol. The van der Waals surface area contributed by atoms with Crippen molar-refractivity contribution in [3.05, 3.63) is 29.6 Å². The number of anilines is 1. The summed E-state index contributed by atoms with van der Waals surface area (Å²) < 4.78 is 7.46. The van der Waals surface area contributed by atoms with Crippen molar-refractivity contribution < 1.29 is 4.74 Å². The Balaban J connectivity index is 2.26. The van der Waals surface area contributed by atoms with E-state index in [-0.39, 0.29) is 0 Å². The Morgan fingerprint density at radius 2 is 2.17 bits per heavy atom.